The molecule has 5 nitrogen and oxygen atoms in total. The summed E-state index contributed by atoms with van der Waals surface area (Å²) in [5.74, 6) is 0.702. The van der Waals surface area contributed by atoms with Gasteiger partial charge in [-0.1, -0.05) is 0 Å². The fourth-order valence-electron chi connectivity index (χ4n) is 2.15. The highest BCUT2D eigenvalue weighted by molar-refractivity contribution is 4.83. The van der Waals surface area contributed by atoms with Crippen molar-refractivity contribution in [1.82, 2.24) is 19.7 Å². The Morgan fingerprint density at radius 3 is 3.00 bits per heavy atom. The van der Waals surface area contributed by atoms with Crippen LogP contribution in [-0.2, 0) is 6.54 Å². The van der Waals surface area contributed by atoms with E-state index in [2.05, 4.69) is 10.4 Å². The summed E-state index contributed by atoms with van der Waals surface area (Å²) in [7, 11) is 0. The van der Waals surface area contributed by atoms with Gasteiger partial charge in [0.15, 0.2) is 0 Å². The molecule has 15 heavy (non-hydrogen) atoms. The van der Waals surface area contributed by atoms with Crippen LogP contribution in [0, 0.1) is 5.92 Å². The Labute approximate surface area is 88.1 Å². The molecule has 0 amide bonds. The average Bonchev–Trinajstić information content (AvgIpc) is 2.75. The summed E-state index contributed by atoms with van der Waals surface area (Å²) in [5, 5.41) is 7.44. The second-order valence-electron chi connectivity index (χ2n) is 4.59. The predicted molar refractivity (Wildman–Crippen MR) is 55.7 cm³/mol. The van der Waals surface area contributed by atoms with Crippen molar-refractivity contribution in [3.8, 4) is 0 Å². The highest BCUT2D eigenvalue weighted by atomic mass is 16.2. The standard InChI is InChI=1S/C10H16N4O/c15-10-13(9-3-4-11-5-9)7-12-14(10)6-8-1-2-8/h7-9,11H,1-6H2/t9-/m1/s1. The molecule has 0 aromatic carbocycles. The zero-order chi connectivity index (χ0) is 10.3. The molecule has 0 radical (unpaired) electrons. The molecule has 1 saturated carbocycles. The monoisotopic (exact) mass is 208 g/mol. The third-order valence-electron chi connectivity index (χ3n) is 3.31. The molecule has 1 atom stereocenters. The van der Waals surface area contributed by atoms with Crippen molar-refractivity contribution < 1.29 is 0 Å². The summed E-state index contributed by atoms with van der Waals surface area (Å²) in [4.78, 5) is 12.0. The van der Waals surface area contributed by atoms with Crippen molar-refractivity contribution >= 4 is 0 Å². The van der Waals surface area contributed by atoms with Gasteiger partial charge in [0.1, 0.15) is 6.33 Å². The van der Waals surface area contributed by atoms with Crippen LogP contribution in [0.25, 0.3) is 0 Å². The first-order chi connectivity index (χ1) is 7.34. The lowest BCUT2D eigenvalue weighted by Gasteiger charge is -2.06. The lowest BCUT2D eigenvalue weighted by Crippen LogP contribution is -2.29. The van der Waals surface area contributed by atoms with Gasteiger partial charge in [0.05, 0.1) is 6.04 Å². The van der Waals surface area contributed by atoms with Crippen molar-refractivity contribution in [3.05, 3.63) is 16.8 Å². The quantitative estimate of drug-likeness (QED) is 0.760. The van der Waals surface area contributed by atoms with E-state index in [0.717, 1.165) is 26.1 Å². The first kappa shape index (κ1) is 9.15. The van der Waals surface area contributed by atoms with Crippen LogP contribution < -0.4 is 11.0 Å². The van der Waals surface area contributed by atoms with Gasteiger partial charge in [-0.05, 0) is 31.7 Å². The Hall–Kier alpha value is -1.10. The molecule has 5 heteroatoms. The van der Waals surface area contributed by atoms with E-state index in [1.54, 1.807) is 15.6 Å². The Kier molecular flexibility index (Phi) is 2.12. The van der Waals surface area contributed by atoms with Gasteiger partial charge in [0.25, 0.3) is 0 Å². The molecule has 2 heterocycles. The van der Waals surface area contributed by atoms with E-state index < -0.39 is 0 Å². The summed E-state index contributed by atoms with van der Waals surface area (Å²) < 4.78 is 3.40. The van der Waals surface area contributed by atoms with Gasteiger partial charge in [-0.25, -0.2) is 9.48 Å². The molecule has 0 bridgehead atoms. The van der Waals surface area contributed by atoms with Crippen molar-refractivity contribution in [2.24, 2.45) is 5.92 Å². The number of aromatic nitrogens is 3. The highest BCUT2D eigenvalue weighted by Crippen LogP contribution is 2.29. The molecule has 1 aromatic rings. The summed E-state index contributed by atoms with van der Waals surface area (Å²) >= 11 is 0. The SMILES string of the molecule is O=c1n([C@@H]2CCNC2)cnn1CC1CC1. The number of nitrogens with zero attached hydrogens (tertiary/aromatic N) is 3. The number of rotatable bonds is 3. The molecular weight excluding hydrogens is 192 g/mol. The van der Waals surface area contributed by atoms with Gasteiger partial charge in [-0.15, -0.1) is 0 Å². The van der Waals surface area contributed by atoms with E-state index in [-0.39, 0.29) is 5.69 Å². The summed E-state index contributed by atoms with van der Waals surface area (Å²) in [6, 6.07) is 0.311. The maximum absolute atomic E-state index is 12.0. The molecule has 1 N–H and O–H groups in total. The van der Waals surface area contributed by atoms with Gasteiger partial charge in [-0.2, -0.15) is 5.10 Å². The Balaban J connectivity index is 1.82. The molecule has 1 saturated heterocycles. The Morgan fingerprint density at radius 1 is 1.47 bits per heavy atom. The first-order valence-electron chi connectivity index (χ1n) is 5.69. The molecule has 2 fully saturated rings. The minimum atomic E-state index is 0.0654. The van der Waals surface area contributed by atoms with E-state index >= 15 is 0 Å². The van der Waals surface area contributed by atoms with Crippen LogP contribution in [0.3, 0.4) is 0 Å². The fourth-order valence-corrected chi connectivity index (χ4v) is 2.15. The number of hydrogen-bond donors (Lipinski definition) is 1. The third kappa shape index (κ3) is 1.71. The van der Waals surface area contributed by atoms with E-state index in [1.807, 2.05) is 0 Å². The largest absolute Gasteiger partial charge is 0.346 e. The second-order valence-corrected chi connectivity index (χ2v) is 4.59. The Bertz CT molecular complexity index is 398. The van der Waals surface area contributed by atoms with E-state index in [0.29, 0.717) is 12.0 Å². The predicted octanol–water partition coefficient (Wildman–Crippen LogP) is -0.0108. The highest BCUT2D eigenvalue weighted by Gasteiger charge is 2.25. The van der Waals surface area contributed by atoms with Crippen LogP contribution in [0.1, 0.15) is 25.3 Å². The maximum Gasteiger partial charge on any atom is 0.346 e. The van der Waals surface area contributed by atoms with Crippen molar-refractivity contribution in [3.63, 3.8) is 0 Å². The molecule has 2 aliphatic rings. The van der Waals surface area contributed by atoms with Crippen LogP contribution in [-0.4, -0.2) is 27.4 Å². The maximum atomic E-state index is 12.0. The smallest absolute Gasteiger partial charge is 0.315 e. The molecular formula is C10H16N4O. The van der Waals surface area contributed by atoms with Gasteiger partial charge in [0.2, 0.25) is 0 Å². The molecule has 1 aliphatic carbocycles. The Morgan fingerprint density at radius 2 is 2.33 bits per heavy atom. The van der Waals surface area contributed by atoms with E-state index in [9.17, 15) is 4.79 Å². The molecule has 82 valence electrons. The minimum Gasteiger partial charge on any atom is -0.315 e. The second kappa shape index (κ2) is 3.48. The summed E-state index contributed by atoms with van der Waals surface area (Å²) in [5.41, 5.74) is 0.0654. The molecule has 0 spiro atoms. The lowest BCUT2D eigenvalue weighted by molar-refractivity contribution is 0.496. The molecule has 0 unspecified atom stereocenters. The average molecular weight is 208 g/mol. The first-order valence-corrected chi connectivity index (χ1v) is 5.69. The zero-order valence-electron chi connectivity index (χ0n) is 8.72. The van der Waals surface area contributed by atoms with E-state index in [4.69, 9.17) is 0 Å². The van der Waals surface area contributed by atoms with Crippen LogP contribution in [0.15, 0.2) is 11.1 Å². The molecule has 1 aliphatic heterocycles. The van der Waals surface area contributed by atoms with Gasteiger partial charge >= 0.3 is 5.69 Å². The van der Waals surface area contributed by atoms with Crippen LogP contribution in [0.5, 0.6) is 0 Å². The number of hydrogen-bond acceptors (Lipinski definition) is 3. The fraction of sp³-hybridized carbons (Fsp3) is 0.800. The van der Waals surface area contributed by atoms with Crippen molar-refractivity contribution in [2.75, 3.05) is 13.1 Å². The van der Waals surface area contributed by atoms with Gasteiger partial charge in [-0.3, -0.25) is 4.57 Å². The zero-order valence-corrected chi connectivity index (χ0v) is 8.72. The van der Waals surface area contributed by atoms with Gasteiger partial charge < -0.3 is 5.32 Å². The lowest BCUT2D eigenvalue weighted by atomic mass is 10.3. The van der Waals surface area contributed by atoms with Crippen LogP contribution >= 0.6 is 0 Å². The summed E-state index contributed by atoms with van der Waals surface area (Å²) in [6.07, 6.45) is 5.24. The molecule has 1 aromatic heterocycles. The normalized spacial score (nSPS) is 26.0. The van der Waals surface area contributed by atoms with Gasteiger partial charge in [0, 0.05) is 13.1 Å². The van der Waals surface area contributed by atoms with Crippen LogP contribution in [0.2, 0.25) is 0 Å². The minimum absolute atomic E-state index is 0.0654. The van der Waals surface area contributed by atoms with E-state index in [1.165, 1.54) is 12.8 Å². The van der Waals surface area contributed by atoms with Crippen molar-refractivity contribution in [1.29, 1.82) is 0 Å². The molecule has 3 rings (SSSR count). The van der Waals surface area contributed by atoms with Crippen LogP contribution in [0.4, 0.5) is 0 Å². The topological polar surface area (TPSA) is 51.9 Å². The summed E-state index contributed by atoms with van der Waals surface area (Å²) in [6.45, 7) is 2.71. The number of nitrogens with one attached hydrogen (secondary N) is 1. The third-order valence-corrected chi connectivity index (χ3v) is 3.31. The van der Waals surface area contributed by atoms with Crippen molar-refractivity contribution in [2.45, 2.75) is 31.8 Å².